The Balaban J connectivity index is 1.78. The van der Waals surface area contributed by atoms with Crippen LogP contribution in [-0.2, 0) is 0 Å². The molecule has 1 unspecified atom stereocenters. The van der Waals surface area contributed by atoms with E-state index in [2.05, 4.69) is 14.7 Å². The van der Waals surface area contributed by atoms with Crippen molar-refractivity contribution in [2.75, 3.05) is 23.3 Å². The predicted molar refractivity (Wildman–Crippen MR) is 83.7 cm³/mol. The minimum atomic E-state index is 0.583. The summed E-state index contributed by atoms with van der Waals surface area (Å²) in [6.07, 6.45) is 6.23. The first-order valence-electron chi connectivity index (χ1n) is 6.35. The van der Waals surface area contributed by atoms with Gasteiger partial charge in [0.15, 0.2) is 0 Å². The Kier molecular flexibility index (Phi) is 3.89. The lowest BCUT2D eigenvalue weighted by molar-refractivity contribution is 0.806. The summed E-state index contributed by atoms with van der Waals surface area (Å²) in [5, 5.41) is 5.27. The molecule has 0 amide bonds. The Hall–Kier alpha value is -1.27. The highest BCUT2D eigenvalue weighted by Crippen LogP contribution is 2.37. The standard InChI is InChI=1S/C13H16N4S2/c14-12-11(9-3-1-5-15-7-9)13(19-17-12)16-8-10-4-2-6-18-10/h1,3,5,7,10,16H,2,4,6,8H2,(H2,14,17). The van der Waals surface area contributed by atoms with Crippen molar-refractivity contribution in [3.63, 3.8) is 0 Å². The van der Waals surface area contributed by atoms with Gasteiger partial charge in [0.25, 0.3) is 0 Å². The van der Waals surface area contributed by atoms with E-state index in [1.807, 2.05) is 30.1 Å². The zero-order valence-electron chi connectivity index (χ0n) is 10.5. The van der Waals surface area contributed by atoms with Gasteiger partial charge in [-0.1, -0.05) is 6.07 Å². The fraction of sp³-hybridized carbons (Fsp3) is 0.385. The zero-order valence-corrected chi connectivity index (χ0v) is 12.1. The molecule has 1 aliphatic heterocycles. The molecule has 1 atom stereocenters. The Labute approximate surface area is 121 Å². The van der Waals surface area contributed by atoms with E-state index in [4.69, 9.17) is 5.73 Å². The SMILES string of the molecule is Nc1nsc(NCC2CCCS2)c1-c1cccnc1. The summed E-state index contributed by atoms with van der Waals surface area (Å²) < 4.78 is 4.26. The Morgan fingerprint density at radius 2 is 2.42 bits per heavy atom. The number of anilines is 2. The number of nitrogens with one attached hydrogen (secondary N) is 1. The van der Waals surface area contributed by atoms with Gasteiger partial charge >= 0.3 is 0 Å². The van der Waals surface area contributed by atoms with E-state index < -0.39 is 0 Å². The maximum atomic E-state index is 5.98. The van der Waals surface area contributed by atoms with Crippen molar-refractivity contribution in [2.45, 2.75) is 18.1 Å². The molecule has 0 radical (unpaired) electrons. The molecule has 0 aromatic carbocycles. The van der Waals surface area contributed by atoms with Crippen LogP contribution in [0.2, 0.25) is 0 Å². The first-order chi connectivity index (χ1) is 9.34. The van der Waals surface area contributed by atoms with Crippen LogP contribution in [0.1, 0.15) is 12.8 Å². The molecule has 3 heterocycles. The molecular weight excluding hydrogens is 276 g/mol. The summed E-state index contributed by atoms with van der Waals surface area (Å²) in [7, 11) is 0. The number of nitrogens with two attached hydrogens (primary N) is 1. The van der Waals surface area contributed by atoms with Crippen LogP contribution < -0.4 is 11.1 Å². The minimum Gasteiger partial charge on any atom is -0.382 e. The maximum Gasteiger partial charge on any atom is 0.147 e. The lowest BCUT2D eigenvalue weighted by Crippen LogP contribution is -2.13. The number of pyridine rings is 1. The van der Waals surface area contributed by atoms with Crippen LogP contribution in [0.3, 0.4) is 0 Å². The second-order valence-electron chi connectivity index (χ2n) is 4.53. The van der Waals surface area contributed by atoms with Gasteiger partial charge in [0.2, 0.25) is 0 Å². The molecular formula is C13H16N4S2. The van der Waals surface area contributed by atoms with Gasteiger partial charge in [0, 0.05) is 29.8 Å². The van der Waals surface area contributed by atoms with Gasteiger partial charge in [0.1, 0.15) is 10.8 Å². The number of nitrogens with zero attached hydrogens (tertiary/aromatic N) is 2. The van der Waals surface area contributed by atoms with E-state index in [9.17, 15) is 0 Å². The Bertz CT molecular complexity index is 535. The van der Waals surface area contributed by atoms with Gasteiger partial charge in [-0.15, -0.1) is 0 Å². The quantitative estimate of drug-likeness (QED) is 0.906. The molecule has 0 bridgehead atoms. The Morgan fingerprint density at radius 3 is 3.16 bits per heavy atom. The largest absolute Gasteiger partial charge is 0.382 e. The highest BCUT2D eigenvalue weighted by atomic mass is 32.2. The molecule has 3 N–H and O–H groups in total. The molecule has 1 fully saturated rings. The summed E-state index contributed by atoms with van der Waals surface area (Å²) in [5.74, 6) is 1.87. The first-order valence-corrected chi connectivity index (χ1v) is 8.18. The van der Waals surface area contributed by atoms with Crippen LogP contribution in [0.4, 0.5) is 10.8 Å². The molecule has 2 aromatic heterocycles. The van der Waals surface area contributed by atoms with Crippen molar-refractivity contribution in [1.82, 2.24) is 9.36 Å². The van der Waals surface area contributed by atoms with E-state index >= 15 is 0 Å². The fourth-order valence-electron chi connectivity index (χ4n) is 2.22. The average Bonchev–Trinajstić information content (AvgIpc) is 3.07. The first kappa shape index (κ1) is 12.7. The number of thioether (sulfide) groups is 1. The van der Waals surface area contributed by atoms with Crippen molar-refractivity contribution < 1.29 is 0 Å². The van der Waals surface area contributed by atoms with Crippen LogP contribution in [0.15, 0.2) is 24.5 Å². The van der Waals surface area contributed by atoms with Crippen molar-refractivity contribution >= 4 is 34.1 Å². The van der Waals surface area contributed by atoms with Crippen molar-refractivity contribution in [2.24, 2.45) is 0 Å². The van der Waals surface area contributed by atoms with Crippen molar-refractivity contribution in [3.05, 3.63) is 24.5 Å². The average molecular weight is 292 g/mol. The normalized spacial score (nSPS) is 18.6. The zero-order chi connectivity index (χ0) is 13.1. The van der Waals surface area contributed by atoms with Crippen molar-refractivity contribution in [1.29, 1.82) is 0 Å². The van der Waals surface area contributed by atoms with E-state index in [1.165, 1.54) is 30.1 Å². The van der Waals surface area contributed by atoms with Crippen LogP contribution in [0.25, 0.3) is 11.1 Å². The van der Waals surface area contributed by atoms with Gasteiger partial charge in [-0.2, -0.15) is 16.1 Å². The molecule has 6 heteroatoms. The van der Waals surface area contributed by atoms with Gasteiger partial charge in [-0.3, -0.25) is 4.98 Å². The molecule has 1 saturated heterocycles. The summed E-state index contributed by atoms with van der Waals surface area (Å²) >= 11 is 3.48. The van der Waals surface area contributed by atoms with Crippen LogP contribution in [-0.4, -0.2) is 26.9 Å². The smallest absolute Gasteiger partial charge is 0.147 e. The molecule has 100 valence electrons. The third kappa shape index (κ3) is 2.84. The van der Waals surface area contributed by atoms with E-state index in [0.29, 0.717) is 11.1 Å². The number of hydrogen-bond acceptors (Lipinski definition) is 6. The number of hydrogen-bond donors (Lipinski definition) is 2. The topological polar surface area (TPSA) is 63.8 Å². The van der Waals surface area contributed by atoms with Gasteiger partial charge < -0.3 is 11.1 Å². The lowest BCUT2D eigenvalue weighted by atomic mass is 10.1. The molecule has 1 aliphatic rings. The lowest BCUT2D eigenvalue weighted by Gasteiger charge is -2.11. The number of rotatable bonds is 4. The fourth-order valence-corrected chi connectivity index (χ4v) is 4.17. The third-order valence-electron chi connectivity index (χ3n) is 3.18. The van der Waals surface area contributed by atoms with Crippen LogP contribution >= 0.6 is 23.3 Å². The van der Waals surface area contributed by atoms with Gasteiger partial charge in [-0.05, 0) is 36.2 Å². The third-order valence-corrected chi connectivity index (χ3v) is 5.40. The van der Waals surface area contributed by atoms with Gasteiger partial charge in [-0.25, -0.2) is 0 Å². The Morgan fingerprint density at radius 1 is 1.47 bits per heavy atom. The van der Waals surface area contributed by atoms with E-state index in [-0.39, 0.29) is 0 Å². The summed E-state index contributed by atoms with van der Waals surface area (Å²) in [6.45, 7) is 0.986. The summed E-state index contributed by atoms with van der Waals surface area (Å²) in [4.78, 5) is 4.15. The molecule has 3 rings (SSSR count). The summed E-state index contributed by atoms with van der Waals surface area (Å²) in [5.41, 5.74) is 7.99. The van der Waals surface area contributed by atoms with Crippen molar-refractivity contribution in [3.8, 4) is 11.1 Å². The van der Waals surface area contributed by atoms with E-state index in [0.717, 1.165) is 22.7 Å². The molecule has 19 heavy (non-hydrogen) atoms. The number of aromatic nitrogens is 2. The van der Waals surface area contributed by atoms with Crippen LogP contribution in [0.5, 0.6) is 0 Å². The highest BCUT2D eigenvalue weighted by molar-refractivity contribution is 8.00. The molecule has 2 aromatic rings. The molecule has 0 aliphatic carbocycles. The number of nitrogen functional groups attached to an aromatic ring is 1. The second-order valence-corrected chi connectivity index (χ2v) is 6.71. The minimum absolute atomic E-state index is 0.583. The van der Waals surface area contributed by atoms with E-state index in [1.54, 1.807) is 6.20 Å². The van der Waals surface area contributed by atoms with Crippen LogP contribution in [0, 0.1) is 0 Å². The second kappa shape index (κ2) is 5.79. The monoisotopic (exact) mass is 292 g/mol. The molecule has 0 saturated carbocycles. The highest BCUT2D eigenvalue weighted by Gasteiger charge is 2.18. The predicted octanol–water partition coefficient (Wildman–Crippen LogP) is 3.09. The van der Waals surface area contributed by atoms with Gasteiger partial charge in [0.05, 0.1) is 5.56 Å². The summed E-state index contributed by atoms with van der Waals surface area (Å²) in [6, 6.07) is 3.94. The molecule has 4 nitrogen and oxygen atoms in total. The maximum absolute atomic E-state index is 5.98. The molecule has 0 spiro atoms.